The first-order valence-corrected chi connectivity index (χ1v) is 7.38. The van der Waals surface area contributed by atoms with Crippen LogP contribution in [-0.4, -0.2) is 20.2 Å². The minimum atomic E-state index is 0. The van der Waals surface area contributed by atoms with Gasteiger partial charge >= 0.3 is 0 Å². The summed E-state index contributed by atoms with van der Waals surface area (Å²) in [5, 5.41) is 3.12. The molecule has 2 aromatic rings. The van der Waals surface area contributed by atoms with Crippen LogP contribution in [0.15, 0.2) is 41.4 Å². The van der Waals surface area contributed by atoms with Crippen LogP contribution in [0, 0.1) is 13.8 Å². The Kier molecular flexibility index (Phi) is 7.84. The summed E-state index contributed by atoms with van der Waals surface area (Å²) in [5.74, 6) is 1.76. The van der Waals surface area contributed by atoms with Crippen molar-refractivity contribution in [3.8, 4) is 11.5 Å². The highest BCUT2D eigenvalue weighted by atomic mass is 127. The number of methoxy groups -OCH3 is 2. The predicted molar refractivity (Wildman–Crippen MR) is 110 cm³/mol. The summed E-state index contributed by atoms with van der Waals surface area (Å²) in [4.78, 5) is 4.37. The molecule has 6 heteroatoms. The summed E-state index contributed by atoms with van der Waals surface area (Å²) < 4.78 is 10.5. The number of aliphatic imine (C=N–C) groups is 1. The molecular weight excluding hydrogens is 417 g/mol. The minimum Gasteiger partial charge on any atom is -0.493 e. The quantitative estimate of drug-likeness (QED) is 0.420. The summed E-state index contributed by atoms with van der Waals surface area (Å²) in [7, 11) is 3.22. The van der Waals surface area contributed by atoms with E-state index in [1.165, 1.54) is 11.1 Å². The third-order valence-electron chi connectivity index (χ3n) is 3.37. The van der Waals surface area contributed by atoms with Crippen molar-refractivity contribution in [2.24, 2.45) is 10.7 Å². The number of ether oxygens (including phenoxy) is 2. The molecule has 0 saturated carbocycles. The van der Waals surface area contributed by atoms with Crippen LogP contribution < -0.4 is 20.5 Å². The average molecular weight is 441 g/mol. The van der Waals surface area contributed by atoms with Crippen LogP contribution in [0.1, 0.15) is 16.7 Å². The summed E-state index contributed by atoms with van der Waals surface area (Å²) in [6, 6.07) is 11.9. The number of nitrogens with two attached hydrogens (primary N) is 1. The molecule has 5 nitrogen and oxygen atoms in total. The Hall–Kier alpha value is -1.96. The summed E-state index contributed by atoms with van der Waals surface area (Å²) in [6.45, 7) is 4.56. The van der Waals surface area contributed by atoms with Gasteiger partial charge in [0.15, 0.2) is 17.5 Å². The fourth-order valence-electron chi connectivity index (χ4n) is 2.39. The molecule has 0 aliphatic carbocycles. The Morgan fingerprint density at radius 1 is 1.00 bits per heavy atom. The van der Waals surface area contributed by atoms with Crippen molar-refractivity contribution in [1.82, 2.24) is 0 Å². The highest BCUT2D eigenvalue weighted by Crippen LogP contribution is 2.27. The lowest BCUT2D eigenvalue weighted by Crippen LogP contribution is -2.22. The number of anilines is 1. The van der Waals surface area contributed by atoms with E-state index in [2.05, 4.69) is 30.2 Å². The normalized spacial score (nSPS) is 10.8. The van der Waals surface area contributed by atoms with Crippen molar-refractivity contribution >= 4 is 35.6 Å². The van der Waals surface area contributed by atoms with Crippen LogP contribution in [0.4, 0.5) is 5.69 Å². The predicted octanol–water partition coefficient (Wildman–Crippen LogP) is 3.87. The second kappa shape index (κ2) is 9.36. The first-order valence-electron chi connectivity index (χ1n) is 7.38. The highest BCUT2D eigenvalue weighted by Gasteiger charge is 2.04. The van der Waals surface area contributed by atoms with Gasteiger partial charge in [0.1, 0.15) is 0 Å². The molecule has 0 atom stereocenters. The standard InChI is InChI=1S/C18H23N3O2.HI/c1-12-7-13(2)9-15(8-12)21-18(19)20-11-14-5-6-16(22-3)17(10-14)23-4;/h5-10H,11H2,1-4H3,(H3,19,20,21);1H. The minimum absolute atomic E-state index is 0. The van der Waals surface area contributed by atoms with Gasteiger partial charge in [0.05, 0.1) is 20.8 Å². The van der Waals surface area contributed by atoms with Crippen LogP contribution in [0.5, 0.6) is 11.5 Å². The van der Waals surface area contributed by atoms with Crippen molar-refractivity contribution in [1.29, 1.82) is 0 Å². The molecule has 0 radical (unpaired) electrons. The zero-order valence-electron chi connectivity index (χ0n) is 14.4. The molecule has 0 unspecified atom stereocenters. The van der Waals surface area contributed by atoms with Crippen LogP contribution in [0.2, 0.25) is 0 Å². The molecule has 0 saturated heterocycles. The summed E-state index contributed by atoms with van der Waals surface area (Å²) in [5.41, 5.74) is 10.3. The number of hydrogen-bond acceptors (Lipinski definition) is 3. The Balaban J connectivity index is 0.00000288. The molecule has 0 heterocycles. The number of hydrogen-bond donors (Lipinski definition) is 2. The van der Waals surface area contributed by atoms with E-state index in [1.54, 1.807) is 14.2 Å². The van der Waals surface area contributed by atoms with Gasteiger partial charge in [-0.05, 0) is 54.8 Å². The molecular formula is C18H24IN3O2. The van der Waals surface area contributed by atoms with E-state index in [-0.39, 0.29) is 24.0 Å². The fourth-order valence-corrected chi connectivity index (χ4v) is 2.39. The smallest absolute Gasteiger partial charge is 0.193 e. The maximum atomic E-state index is 5.96. The Labute approximate surface area is 160 Å². The molecule has 0 fully saturated rings. The molecule has 0 aliphatic rings. The number of aryl methyl sites for hydroxylation is 2. The number of halogens is 1. The monoisotopic (exact) mass is 441 g/mol. The number of rotatable bonds is 5. The van der Waals surface area contributed by atoms with E-state index in [4.69, 9.17) is 15.2 Å². The lowest BCUT2D eigenvalue weighted by atomic mass is 10.1. The van der Waals surface area contributed by atoms with E-state index >= 15 is 0 Å². The molecule has 0 amide bonds. The zero-order valence-corrected chi connectivity index (χ0v) is 16.8. The van der Waals surface area contributed by atoms with Crippen LogP contribution in [0.3, 0.4) is 0 Å². The number of nitrogens with zero attached hydrogens (tertiary/aromatic N) is 1. The van der Waals surface area contributed by atoms with Gasteiger partial charge in [0.25, 0.3) is 0 Å². The zero-order chi connectivity index (χ0) is 16.8. The van der Waals surface area contributed by atoms with Crippen molar-refractivity contribution < 1.29 is 9.47 Å². The molecule has 3 N–H and O–H groups in total. The lowest BCUT2D eigenvalue weighted by Gasteiger charge is -2.10. The molecule has 0 aromatic heterocycles. The van der Waals surface area contributed by atoms with Crippen molar-refractivity contribution in [2.45, 2.75) is 20.4 Å². The molecule has 130 valence electrons. The third kappa shape index (κ3) is 5.59. The highest BCUT2D eigenvalue weighted by molar-refractivity contribution is 14.0. The van der Waals surface area contributed by atoms with Gasteiger partial charge in [0, 0.05) is 5.69 Å². The van der Waals surface area contributed by atoms with Crippen molar-refractivity contribution in [2.75, 3.05) is 19.5 Å². The summed E-state index contributed by atoms with van der Waals surface area (Å²) >= 11 is 0. The Morgan fingerprint density at radius 3 is 2.21 bits per heavy atom. The van der Waals surface area contributed by atoms with Crippen molar-refractivity contribution in [3.63, 3.8) is 0 Å². The van der Waals surface area contributed by atoms with Gasteiger partial charge in [-0.15, -0.1) is 24.0 Å². The first kappa shape index (κ1) is 20.1. The molecule has 2 rings (SSSR count). The second-order valence-electron chi connectivity index (χ2n) is 5.39. The Bertz CT molecular complexity index is 697. The van der Waals surface area contributed by atoms with Gasteiger partial charge in [-0.1, -0.05) is 12.1 Å². The molecule has 0 bridgehead atoms. The van der Waals surface area contributed by atoms with Gasteiger partial charge < -0.3 is 20.5 Å². The summed E-state index contributed by atoms with van der Waals surface area (Å²) in [6.07, 6.45) is 0. The van der Waals surface area contributed by atoms with E-state index in [9.17, 15) is 0 Å². The van der Waals surface area contributed by atoms with Gasteiger partial charge in [-0.2, -0.15) is 0 Å². The maximum absolute atomic E-state index is 5.96. The molecule has 24 heavy (non-hydrogen) atoms. The maximum Gasteiger partial charge on any atom is 0.193 e. The Morgan fingerprint density at radius 2 is 1.62 bits per heavy atom. The largest absolute Gasteiger partial charge is 0.493 e. The van der Waals surface area contributed by atoms with Gasteiger partial charge in [0.2, 0.25) is 0 Å². The number of benzene rings is 2. The van der Waals surface area contributed by atoms with E-state index in [0.717, 1.165) is 11.3 Å². The number of guanidine groups is 1. The van der Waals surface area contributed by atoms with Gasteiger partial charge in [-0.3, -0.25) is 0 Å². The molecule has 0 aliphatic heterocycles. The SMILES string of the molecule is COc1ccc(CN=C(N)Nc2cc(C)cc(C)c2)cc1OC.I. The third-order valence-corrected chi connectivity index (χ3v) is 3.37. The van der Waals surface area contributed by atoms with Crippen molar-refractivity contribution in [3.05, 3.63) is 53.1 Å². The van der Waals surface area contributed by atoms with Gasteiger partial charge in [-0.25, -0.2) is 4.99 Å². The second-order valence-corrected chi connectivity index (χ2v) is 5.39. The molecule has 0 spiro atoms. The topological polar surface area (TPSA) is 68.9 Å². The van der Waals surface area contributed by atoms with Crippen LogP contribution in [-0.2, 0) is 6.54 Å². The van der Waals surface area contributed by atoms with E-state index < -0.39 is 0 Å². The van der Waals surface area contributed by atoms with E-state index in [0.29, 0.717) is 24.0 Å². The lowest BCUT2D eigenvalue weighted by molar-refractivity contribution is 0.354. The molecule has 2 aromatic carbocycles. The van der Waals surface area contributed by atoms with Crippen LogP contribution >= 0.6 is 24.0 Å². The number of nitrogens with one attached hydrogen (secondary N) is 1. The van der Waals surface area contributed by atoms with E-state index in [1.807, 2.05) is 30.3 Å². The van der Waals surface area contributed by atoms with Crippen LogP contribution in [0.25, 0.3) is 0 Å². The fraction of sp³-hybridized carbons (Fsp3) is 0.278. The average Bonchev–Trinajstić information content (AvgIpc) is 2.51. The first-order chi connectivity index (χ1) is 11.0.